The highest BCUT2D eigenvalue weighted by Crippen LogP contribution is 2.26. The number of hydrogen-bond acceptors (Lipinski definition) is 5. The number of primary amides is 1. The summed E-state index contributed by atoms with van der Waals surface area (Å²) in [5.41, 5.74) is 8.85. The van der Waals surface area contributed by atoms with Gasteiger partial charge in [0.15, 0.2) is 6.61 Å². The lowest BCUT2D eigenvalue weighted by Crippen LogP contribution is -2.22. The maximum atomic E-state index is 12.3. The molecule has 2 rings (SSSR count). The monoisotopic (exact) mass is 386 g/mol. The van der Waals surface area contributed by atoms with E-state index in [1.807, 2.05) is 32.9 Å². The van der Waals surface area contributed by atoms with E-state index in [4.69, 9.17) is 10.5 Å². The lowest BCUT2D eigenvalue weighted by atomic mass is 10.00. The van der Waals surface area contributed by atoms with Crippen molar-refractivity contribution in [2.45, 2.75) is 25.7 Å². The number of aryl methyl sites for hydroxylation is 3. The Bertz CT molecular complexity index is 857. The van der Waals surface area contributed by atoms with Gasteiger partial charge in [-0.25, -0.2) is 4.79 Å². The number of amides is 2. The first-order valence-electron chi connectivity index (χ1n) is 8.33. The highest BCUT2D eigenvalue weighted by atomic mass is 32.2. The van der Waals surface area contributed by atoms with Gasteiger partial charge in [-0.2, -0.15) is 0 Å². The van der Waals surface area contributed by atoms with Gasteiger partial charge in [0.1, 0.15) is 0 Å². The Morgan fingerprint density at radius 2 is 1.70 bits per heavy atom. The summed E-state index contributed by atoms with van der Waals surface area (Å²) in [6, 6.07) is 10.8. The molecule has 2 aromatic carbocycles. The fourth-order valence-corrected chi connectivity index (χ4v) is 3.48. The van der Waals surface area contributed by atoms with Crippen molar-refractivity contribution in [3.8, 4) is 0 Å². The van der Waals surface area contributed by atoms with Crippen LogP contribution < -0.4 is 11.1 Å². The number of thioether (sulfide) groups is 1. The van der Waals surface area contributed by atoms with E-state index >= 15 is 0 Å². The van der Waals surface area contributed by atoms with Gasteiger partial charge in [-0.15, -0.1) is 11.8 Å². The minimum absolute atomic E-state index is 0.105. The number of rotatable bonds is 7. The van der Waals surface area contributed by atoms with Crippen LogP contribution in [0.2, 0.25) is 0 Å². The van der Waals surface area contributed by atoms with Crippen molar-refractivity contribution in [1.29, 1.82) is 0 Å². The third-order valence-electron chi connectivity index (χ3n) is 3.75. The number of para-hydroxylation sites is 1. The number of carbonyl (C=O) groups is 3. The molecule has 0 saturated heterocycles. The summed E-state index contributed by atoms with van der Waals surface area (Å²) in [6.45, 7) is 5.22. The average Bonchev–Trinajstić information content (AvgIpc) is 2.58. The molecule has 2 amide bonds. The topological polar surface area (TPSA) is 98.5 Å². The number of anilines is 1. The van der Waals surface area contributed by atoms with Crippen LogP contribution in [0.5, 0.6) is 0 Å². The largest absolute Gasteiger partial charge is 0.452 e. The summed E-state index contributed by atoms with van der Waals surface area (Å²) < 4.78 is 5.17. The van der Waals surface area contributed by atoms with Crippen molar-refractivity contribution in [1.82, 2.24) is 0 Å². The number of benzene rings is 2. The average molecular weight is 386 g/mol. The fraction of sp³-hybridized carbons (Fsp3) is 0.250. The number of carbonyl (C=O) groups excluding carboxylic acids is 3. The zero-order chi connectivity index (χ0) is 20.0. The summed E-state index contributed by atoms with van der Waals surface area (Å²) in [6.07, 6.45) is 0. The molecule has 0 radical (unpaired) electrons. The molecular formula is C20H22N2O4S. The second-order valence-electron chi connectivity index (χ2n) is 6.15. The van der Waals surface area contributed by atoms with Crippen molar-refractivity contribution in [3.63, 3.8) is 0 Å². The Balaban J connectivity index is 1.99. The first-order valence-corrected chi connectivity index (χ1v) is 9.31. The smallest absolute Gasteiger partial charge is 0.339 e. The van der Waals surface area contributed by atoms with Crippen LogP contribution >= 0.6 is 11.8 Å². The van der Waals surface area contributed by atoms with Crippen LogP contribution in [0.15, 0.2) is 41.3 Å². The molecule has 2 aromatic rings. The zero-order valence-electron chi connectivity index (χ0n) is 15.5. The standard InChI is InChI=1S/C20H22N2O4S/c1-12-8-13(2)19(14(3)9-12)20(25)26-10-18(24)22-15-6-4-5-7-16(15)27-11-17(21)23/h4-9H,10-11H2,1-3H3,(H2,21,23)(H,22,24). The van der Waals surface area contributed by atoms with Crippen LogP contribution in [0, 0.1) is 20.8 Å². The van der Waals surface area contributed by atoms with Gasteiger partial charge in [-0.3, -0.25) is 9.59 Å². The van der Waals surface area contributed by atoms with Crippen LogP contribution in [0.3, 0.4) is 0 Å². The van der Waals surface area contributed by atoms with E-state index < -0.39 is 24.4 Å². The first kappa shape index (κ1) is 20.5. The Morgan fingerprint density at radius 1 is 1.07 bits per heavy atom. The molecule has 0 aliphatic rings. The minimum Gasteiger partial charge on any atom is -0.452 e. The molecule has 0 atom stereocenters. The van der Waals surface area contributed by atoms with E-state index in [9.17, 15) is 14.4 Å². The van der Waals surface area contributed by atoms with Gasteiger partial charge >= 0.3 is 5.97 Å². The molecule has 0 saturated carbocycles. The summed E-state index contributed by atoms with van der Waals surface area (Å²) in [7, 11) is 0. The van der Waals surface area contributed by atoms with Gasteiger partial charge in [0, 0.05) is 4.90 Å². The third-order valence-corrected chi connectivity index (χ3v) is 4.84. The lowest BCUT2D eigenvalue weighted by Gasteiger charge is -2.12. The molecule has 6 nitrogen and oxygen atoms in total. The van der Waals surface area contributed by atoms with Crippen LogP contribution in [-0.2, 0) is 14.3 Å². The van der Waals surface area contributed by atoms with E-state index in [-0.39, 0.29) is 5.75 Å². The maximum absolute atomic E-state index is 12.3. The van der Waals surface area contributed by atoms with E-state index in [0.29, 0.717) is 16.1 Å². The number of hydrogen-bond donors (Lipinski definition) is 2. The quantitative estimate of drug-likeness (QED) is 0.563. The van der Waals surface area contributed by atoms with Crippen LogP contribution in [0.25, 0.3) is 0 Å². The van der Waals surface area contributed by atoms with Crippen molar-refractivity contribution in [3.05, 3.63) is 58.7 Å². The highest BCUT2D eigenvalue weighted by molar-refractivity contribution is 8.00. The number of nitrogens with one attached hydrogen (secondary N) is 1. The number of ether oxygens (including phenoxy) is 1. The van der Waals surface area contributed by atoms with E-state index in [0.717, 1.165) is 16.7 Å². The Kier molecular flexibility index (Phi) is 7.01. The summed E-state index contributed by atoms with van der Waals surface area (Å²) in [5, 5.41) is 2.69. The molecule has 0 fully saturated rings. The normalized spacial score (nSPS) is 10.3. The van der Waals surface area contributed by atoms with Crippen LogP contribution in [-0.4, -0.2) is 30.1 Å². The Hall–Kier alpha value is -2.80. The molecule has 0 aliphatic carbocycles. The van der Waals surface area contributed by atoms with E-state index in [1.54, 1.807) is 24.3 Å². The van der Waals surface area contributed by atoms with Gasteiger partial charge in [0.2, 0.25) is 5.91 Å². The molecule has 0 aromatic heterocycles. The molecule has 0 bridgehead atoms. The van der Waals surface area contributed by atoms with Crippen molar-refractivity contribution in [2.24, 2.45) is 5.73 Å². The number of nitrogens with two attached hydrogens (primary N) is 1. The Labute approximate surface area is 162 Å². The molecule has 0 aliphatic heterocycles. The van der Waals surface area contributed by atoms with Crippen molar-refractivity contribution < 1.29 is 19.1 Å². The Morgan fingerprint density at radius 3 is 2.33 bits per heavy atom. The van der Waals surface area contributed by atoms with Crippen LogP contribution in [0.4, 0.5) is 5.69 Å². The van der Waals surface area contributed by atoms with Gasteiger partial charge in [-0.05, 0) is 44.0 Å². The molecule has 0 unspecified atom stereocenters. The van der Waals surface area contributed by atoms with E-state index in [1.165, 1.54) is 11.8 Å². The first-order chi connectivity index (χ1) is 12.8. The molecule has 0 spiro atoms. The second kappa shape index (κ2) is 9.23. The van der Waals surface area contributed by atoms with Gasteiger partial charge < -0.3 is 15.8 Å². The minimum atomic E-state index is -0.531. The fourth-order valence-electron chi connectivity index (χ4n) is 2.74. The predicted octanol–water partition coefficient (Wildman–Crippen LogP) is 2.98. The third kappa shape index (κ3) is 5.86. The van der Waals surface area contributed by atoms with Gasteiger partial charge in [0.25, 0.3) is 5.91 Å². The maximum Gasteiger partial charge on any atom is 0.339 e. The second-order valence-corrected chi connectivity index (χ2v) is 7.17. The van der Waals surface area contributed by atoms with Gasteiger partial charge in [-0.1, -0.05) is 29.8 Å². The number of esters is 1. The van der Waals surface area contributed by atoms with Crippen molar-refractivity contribution >= 4 is 35.2 Å². The van der Waals surface area contributed by atoms with E-state index in [2.05, 4.69) is 5.32 Å². The van der Waals surface area contributed by atoms with Gasteiger partial charge in [0.05, 0.1) is 17.0 Å². The predicted molar refractivity (Wildman–Crippen MR) is 106 cm³/mol. The molecular weight excluding hydrogens is 364 g/mol. The lowest BCUT2D eigenvalue weighted by molar-refractivity contribution is -0.119. The van der Waals surface area contributed by atoms with Crippen molar-refractivity contribution in [2.75, 3.05) is 17.7 Å². The molecule has 7 heteroatoms. The molecule has 3 N–H and O–H groups in total. The SMILES string of the molecule is Cc1cc(C)c(C(=O)OCC(=O)Nc2ccccc2SCC(N)=O)c(C)c1. The molecule has 27 heavy (non-hydrogen) atoms. The van der Waals surface area contributed by atoms with Crippen LogP contribution in [0.1, 0.15) is 27.0 Å². The summed E-state index contributed by atoms with van der Waals surface area (Å²) in [4.78, 5) is 36.2. The summed E-state index contributed by atoms with van der Waals surface area (Å²) in [5.74, 6) is -1.33. The highest BCUT2D eigenvalue weighted by Gasteiger charge is 2.16. The zero-order valence-corrected chi connectivity index (χ0v) is 16.3. The summed E-state index contributed by atoms with van der Waals surface area (Å²) >= 11 is 1.23. The molecule has 0 heterocycles. The molecule has 142 valence electrons.